The molecule has 0 aromatic heterocycles. The van der Waals surface area contributed by atoms with Crippen molar-refractivity contribution < 1.29 is 14.6 Å². The van der Waals surface area contributed by atoms with Crippen LogP contribution in [0.1, 0.15) is 54.6 Å². The summed E-state index contributed by atoms with van der Waals surface area (Å²) in [5.41, 5.74) is 1.34. The molecule has 2 unspecified atom stereocenters. The number of rotatable bonds is 9. The van der Waals surface area contributed by atoms with Crippen LogP contribution in [0.25, 0.3) is 0 Å². The van der Waals surface area contributed by atoms with Crippen LogP contribution in [-0.2, 0) is 0 Å². The first-order valence-corrected chi connectivity index (χ1v) is 10.6. The van der Waals surface area contributed by atoms with Crippen molar-refractivity contribution in [2.75, 3.05) is 26.2 Å². The van der Waals surface area contributed by atoms with E-state index >= 15 is 0 Å². The van der Waals surface area contributed by atoms with Crippen molar-refractivity contribution in [3.05, 3.63) is 65.7 Å². The van der Waals surface area contributed by atoms with Crippen LogP contribution in [-0.4, -0.2) is 48.2 Å². The summed E-state index contributed by atoms with van der Waals surface area (Å²) in [5.74, 6) is 0.571. The maximum absolute atomic E-state index is 12.5. The van der Waals surface area contributed by atoms with Crippen LogP contribution < -0.4 is 10.1 Å². The molecule has 0 radical (unpaired) electrons. The van der Waals surface area contributed by atoms with Gasteiger partial charge in [-0.1, -0.05) is 36.8 Å². The first kappa shape index (κ1) is 21.3. The minimum atomic E-state index is -0.748. The van der Waals surface area contributed by atoms with E-state index in [-0.39, 0.29) is 5.91 Å². The van der Waals surface area contributed by atoms with Crippen LogP contribution in [0.3, 0.4) is 0 Å². The number of nitrogens with zero attached hydrogens (tertiary/aromatic N) is 1. The smallest absolute Gasteiger partial charge is 0.251 e. The first-order valence-electron chi connectivity index (χ1n) is 10.6. The fourth-order valence-electron chi connectivity index (χ4n) is 3.67. The Kier molecular flexibility index (Phi) is 8.08. The van der Waals surface area contributed by atoms with Gasteiger partial charge in [-0.2, -0.15) is 0 Å². The van der Waals surface area contributed by atoms with Gasteiger partial charge in [0.2, 0.25) is 0 Å². The average Bonchev–Trinajstić information content (AvgIpc) is 2.78. The molecule has 1 aliphatic rings. The summed E-state index contributed by atoms with van der Waals surface area (Å²) < 4.78 is 5.81. The van der Waals surface area contributed by atoms with Crippen molar-refractivity contribution in [1.82, 2.24) is 10.2 Å². The van der Waals surface area contributed by atoms with E-state index in [0.29, 0.717) is 12.2 Å². The second-order valence-electron chi connectivity index (χ2n) is 7.75. The van der Waals surface area contributed by atoms with Gasteiger partial charge in [0.1, 0.15) is 5.75 Å². The summed E-state index contributed by atoms with van der Waals surface area (Å²) in [4.78, 5) is 15.0. The van der Waals surface area contributed by atoms with E-state index in [1.54, 1.807) is 19.1 Å². The maximum Gasteiger partial charge on any atom is 0.251 e. The number of hydrogen-bond donors (Lipinski definition) is 2. The van der Waals surface area contributed by atoms with Crippen LogP contribution in [0.2, 0.25) is 0 Å². The summed E-state index contributed by atoms with van der Waals surface area (Å²) in [5, 5.41) is 13.3. The van der Waals surface area contributed by atoms with Gasteiger partial charge in [0.05, 0.1) is 18.8 Å². The number of ether oxygens (including phenoxy) is 1. The third-order valence-electron chi connectivity index (χ3n) is 5.43. The van der Waals surface area contributed by atoms with Gasteiger partial charge >= 0.3 is 0 Å². The van der Waals surface area contributed by atoms with E-state index < -0.39 is 12.1 Å². The molecule has 0 aliphatic carbocycles. The number of amides is 1. The topological polar surface area (TPSA) is 61.8 Å². The van der Waals surface area contributed by atoms with Crippen molar-refractivity contribution in [3.8, 4) is 5.75 Å². The summed E-state index contributed by atoms with van der Waals surface area (Å²) in [6.45, 7) is 5.99. The zero-order valence-electron chi connectivity index (χ0n) is 17.2. The number of benzene rings is 2. The van der Waals surface area contributed by atoms with Crippen LogP contribution in [0.15, 0.2) is 54.6 Å². The minimum Gasteiger partial charge on any atom is -0.494 e. The molecule has 29 heavy (non-hydrogen) atoms. The van der Waals surface area contributed by atoms with Crippen LogP contribution >= 0.6 is 0 Å². The van der Waals surface area contributed by atoms with Gasteiger partial charge in [0.25, 0.3) is 5.91 Å². The minimum absolute atomic E-state index is 0.205. The fraction of sp³-hybridized carbons (Fsp3) is 0.458. The lowest BCUT2D eigenvalue weighted by atomic mass is 10.0. The van der Waals surface area contributed by atoms with E-state index in [0.717, 1.165) is 24.3 Å². The van der Waals surface area contributed by atoms with Gasteiger partial charge < -0.3 is 20.1 Å². The van der Waals surface area contributed by atoms with E-state index in [2.05, 4.69) is 10.2 Å². The molecule has 1 aliphatic heterocycles. The summed E-state index contributed by atoms with van der Waals surface area (Å²) in [6.07, 6.45) is 4.24. The monoisotopic (exact) mass is 396 g/mol. The van der Waals surface area contributed by atoms with E-state index in [9.17, 15) is 9.90 Å². The van der Waals surface area contributed by atoms with Gasteiger partial charge in [-0.05, 0) is 69.1 Å². The molecule has 1 fully saturated rings. The number of aliphatic hydroxyl groups excluding tert-OH is 1. The third-order valence-corrected chi connectivity index (χ3v) is 5.43. The van der Waals surface area contributed by atoms with Gasteiger partial charge in [-0.15, -0.1) is 0 Å². The number of likely N-dealkylation sites (tertiary alicyclic amines) is 1. The Hall–Kier alpha value is -2.37. The highest BCUT2D eigenvalue weighted by atomic mass is 16.5. The Labute approximate surface area is 173 Å². The molecule has 0 saturated carbocycles. The molecule has 2 aromatic carbocycles. The highest BCUT2D eigenvalue weighted by Crippen LogP contribution is 2.17. The zero-order chi connectivity index (χ0) is 20.5. The molecule has 3 rings (SSSR count). The van der Waals surface area contributed by atoms with Crippen molar-refractivity contribution in [2.24, 2.45) is 0 Å². The normalized spacial score (nSPS) is 16.8. The fourth-order valence-corrected chi connectivity index (χ4v) is 3.67. The first-order chi connectivity index (χ1) is 14.1. The molecule has 156 valence electrons. The number of nitrogens with one attached hydrogen (secondary N) is 1. The zero-order valence-corrected chi connectivity index (χ0v) is 17.2. The van der Waals surface area contributed by atoms with Crippen molar-refractivity contribution in [1.29, 1.82) is 0 Å². The molecule has 1 heterocycles. The second-order valence-corrected chi connectivity index (χ2v) is 7.75. The lowest BCUT2D eigenvalue weighted by Gasteiger charge is -2.26. The predicted molar refractivity (Wildman–Crippen MR) is 115 cm³/mol. The van der Waals surface area contributed by atoms with Crippen molar-refractivity contribution >= 4 is 5.91 Å². The summed E-state index contributed by atoms with van der Waals surface area (Å²) in [6, 6.07) is 16.1. The van der Waals surface area contributed by atoms with Crippen LogP contribution in [0.4, 0.5) is 0 Å². The summed E-state index contributed by atoms with van der Waals surface area (Å²) in [7, 11) is 0. The molecule has 2 aromatic rings. The van der Waals surface area contributed by atoms with Crippen LogP contribution in [0.5, 0.6) is 5.75 Å². The second kappa shape index (κ2) is 11.0. The van der Waals surface area contributed by atoms with Crippen molar-refractivity contribution in [3.63, 3.8) is 0 Å². The molecular weight excluding hydrogens is 364 g/mol. The quantitative estimate of drug-likeness (QED) is 0.633. The Morgan fingerprint density at radius 3 is 2.45 bits per heavy atom. The average molecular weight is 397 g/mol. The molecule has 5 heteroatoms. The van der Waals surface area contributed by atoms with Gasteiger partial charge in [-0.3, -0.25) is 4.79 Å². The molecule has 0 spiro atoms. The van der Waals surface area contributed by atoms with Crippen LogP contribution in [0, 0.1) is 0 Å². The predicted octanol–water partition coefficient (Wildman–Crippen LogP) is 3.79. The molecule has 0 bridgehead atoms. The number of carbonyl (C=O) groups excluding carboxylic acids is 1. The lowest BCUT2D eigenvalue weighted by Crippen LogP contribution is -2.37. The largest absolute Gasteiger partial charge is 0.494 e. The molecule has 1 amide bonds. The van der Waals surface area contributed by atoms with E-state index in [4.69, 9.17) is 4.74 Å². The number of piperidine rings is 1. The van der Waals surface area contributed by atoms with E-state index in [1.807, 2.05) is 42.5 Å². The standard InChI is InChI=1S/C24H32N2O3/c1-19(23(27)20-9-4-2-5-10-20)25-24(28)21-11-13-22(14-12-21)29-18-8-17-26-15-6-3-7-16-26/h2,4-5,9-14,19,23,27H,3,6-8,15-18H2,1H3,(H,25,28). The Balaban J connectivity index is 1.42. The number of carbonyl (C=O) groups is 1. The molecule has 2 N–H and O–H groups in total. The lowest BCUT2D eigenvalue weighted by molar-refractivity contribution is 0.0852. The van der Waals surface area contributed by atoms with Gasteiger partial charge in [0, 0.05) is 12.1 Å². The van der Waals surface area contributed by atoms with E-state index in [1.165, 1.54) is 32.4 Å². The maximum atomic E-state index is 12.5. The summed E-state index contributed by atoms with van der Waals surface area (Å²) >= 11 is 0. The molecule has 1 saturated heterocycles. The Morgan fingerprint density at radius 2 is 1.76 bits per heavy atom. The van der Waals surface area contributed by atoms with Crippen molar-refractivity contribution in [2.45, 2.75) is 44.8 Å². The number of aliphatic hydroxyl groups is 1. The highest BCUT2D eigenvalue weighted by Gasteiger charge is 2.19. The molecular formula is C24H32N2O3. The molecule has 5 nitrogen and oxygen atoms in total. The third kappa shape index (κ3) is 6.58. The van der Waals surface area contributed by atoms with Gasteiger partial charge in [0.15, 0.2) is 0 Å². The Morgan fingerprint density at radius 1 is 1.07 bits per heavy atom. The highest BCUT2D eigenvalue weighted by molar-refractivity contribution is 5.94. The Bertz CT molecular complexity index is 742. The van der Waals surface area contributed by atoms with Gasteiger partial charge in [-0.25, -0.2) is 0 Å². The molecule has 2 atom stereocenters. The number of hydrogen-bond acceptors (Lipinski definition) is 4. The SMILES string of the molecule is CC(NC(=O)c1ccc(OCCCN2CCCCC2)cc1)C(O)c1ccccc1.